The Hall–Kier alpha value is -0.770. The van der Waals surface area contributed by atoms with E-state index in [4.69, 9.17) is 10.5 Å². The molecule has 0 radical (unpaired) electrons. The summed E-state index contributed by atoms with van der Waals surface area (Å²) in [7, 11) is 0. The Morgan fingerprint density at radius 1 is 0.968 bits per heavy atom. The molecular weight excluding hydrogens is 384 g/mol. The zero-order valence-corrected chi connectivity index (χ0v) is 21.9. The second-order valence-electron chi connectivity index (χ2n) is 13.4. The van der Waals surface area contributed by atoms with Gasteiger partial charge in [0.05, 0.1) is 0 Å². The summed E-state index contributed by atoms with van der Waals surface area (Å²) in [4.78, 5) is 15.4. The van der Waals surface area contributed by atoms with E-state index in [2.05, 4.69) is 39.5 Å². The fourth-order valence-electron chi connectivity index (χ4n) is 6.20. The molecular formula is C27H52N2O2. The smallest absolute Gasteiger partial charge is 0.410 e. The van der Waals surface area contributed by atoms with Crippen LogP contribution in [0.3, 0.4) is 0 Å². The molecule has 0 aromatic heterocycles. The predicted octanol–water partition coefficient (Wildman–Crippen LogP) is 7.01. The first kappa shape index (κ1) is 26.5. The van der Waals surface area contributed by atoms with Crippen molar-refractivity contribution in [2.45, 2.75) is 131 Å². The van der Waals surface area contributed by atoms with Crippen LogP contribution in [-0.4, -0.2) is 35.2 Å². The van der Waals surface area contributed by atoms with Gasteiger partial charge in [0.25, 0.3) is 0 Å². The Morgan fingerprint density at radius 3 is 2.19 bits per heavy atom. The number of carbonyl (C=O) groups excluding carboxylic acids is 1. The van der Waals surface area contributed by atoms with E-state index in [0.717, 1.165) is 38.1 Å². The fourth-order valence-corrected chi connectivity index (χ4v) is 6.20. The molecule has 0 aromatic rings. The minimum absolute atomic E-state index is 0.116. The third-order valence-electron chi connectivity index (χ3n) is 6.92. The number of nitrogens with two attached hydrogens (primary N) is 1. The van der Waals surface area contributed by atoms with Gasteiger partial charge in [-0.2, -0.15) is 0 Å². The Bertz CT molecular complexity index is 561. The first-order chi connectivity index (χ1) is 14.2. The Balaban J connectivity index is 2.13. The Morgan fingerprint density at radius 2 is 1.61 bits per heavy atom. The first-order valence-electron chi connectivity index (χ1n) is 13.0. The molecule has 2 N–H and O–H groups in total. The van der Waals surface area contributed by atoms with Gasteiger partial charge in [0.2, 0.25) is 0 Å². The molecule has 5 atom stereocenters. The van der Waals surface area contributed by atoms with Crippen molar-refractivity contribution >= 4 is 6.09 Å². The molecule has 2 aliphatic carbocycles. The number of rotatable bonds is 6. The van der Waals surface area contributed by atoms with E-state index in [1.165, 1.54) is 32.1 Å². The lowest BCUT2D eigenvalue weighted by Crippen LogP contribution is -2.49. The van der Waals surface area contributed by atoms with E-state index >= 15 is 0 Å². The maximum Gasteiger partial charge on any atom is 0.410 e. The molecule has 2 fully saturated rings. The maximum atomic E-state index is 13.3. The zero-order chi connectivity index (χ0) is 23.4. The van der Waals surface area contributed by atoms with E-state index in [9.17, 15) is 4.79 Å². The van der Waals surface area contributed by atoms with Crippen LogP contribution in [0.5, 0.6) is 0 Å². The fraction of sp³-hybridized carbons (Fsp3) is 0.963. The summed E-state index contributed by atoms with van der Waals surface area (Å²) in [6.45, 7) is 18.3. The average molecular weight is 437 g/mol. The summed E-state index contributed by atoms with van der Waals surface area (Å²) in [6.07, 6.45) is 10.5. The van der Waals surface area contributed by atoms with Crippen molar-refractivity contribution in [3.8, 4) is 0 Å². The van der Waals surface area contributed by atoms with Gasteiger partial charge in [0.1, 0.15) is 5.60 Å². The summed E-state index contributed by atoms with van der Waals surface area (Å²) in [5, 5.41) is 0. The van der Waals surface area contributed by atoms with Gasteiger partial charge in [-0.05, 0) is 94.8 Å². The van der Waals surface area contributed by atoms with Gasteiger partial charge in [0.15, 0.2) is 0 Å². The molecule has 2 rings (SSSR count). The average Bonchev–Trinajstić information content (AvgIpc) is 2.55. The van der Waals surface area contributed by atoms with Crippen LogP contribution in [0.25, 0.3) is 0 Å². The van der Waals surface area contributed by atoms with Crippen molar-refractivity contribution in [3.05, 3.63) is 0 Å². The molecule has 0 heterocycles. The van der Waals surface area contributed by atoms with Crippen LogP contribution in [-0.2, 0) is 4.74 Å². The third-order valence-corrected chi connectivity index (χ3v) is 6.92. The summed E-state index contributed by atoms with van der Waals surface area (Å²) in [5.41, 5.74) is 6.37. The minimum Gasteiger partial charge on any atom is -0.444 e. The van der Waals surface area contributed by atoms with Gasteiger partial charge in [0, 0.05) is 18.6 Å². The van der Waals surface area contributed by atoms with Gasteiger partial charge in [-0.3, -0.25) is 0 Å². The monoisotopic (exact) mass is 436 g/mol. The molecule has 0 saturated heterocycles. The van der Waals surface area contributed by atoms with E-state index in [1.807, 2.05) is 20.8 Å². The van der Waals surface area contributed by atoms with Crippen LogP contribution in [0.2, 0.25) is 0 Å². The lowest BCUT2D eigenvalue weighted by atomic mass is 9.72. The standard InChI is InChI=1S/C27H52N2O2/c1-19(2)12-20-10-9-11-24(16-20)29(25(30)31-27(6,7)8)18-22-13-21(14-23(28)15-22)17-26(3,4)5/h19-24H,9-18,28H2,1-8H3/t20?,21-,22?,23+,24?/m0/s1. The minimum atomic E-state index is -0.459. The van der Waals surface area contributed by atoms with E-state index in [-0.39, 0.29) is 12.1 Å². The number of carbonyl (C=O) groups is 1. The highest BCUT2D eigenvalue weighted by atomic mass is 16.6. The van der Waals surface area contributed by atoms with Crippen molar-refractivity contribution in [3.63, 3.8) is 0 Å². The highest BCUT2D eigenvalue weighted by Crippen LogP contribution is 2.38. The highest BCUT2D eigenvalue weighted by Gasteiger charge is 2.36. The van der Waals surface area contributed by atoms with Crippen LogP contribution in [0.4, 0.5) is 4.79 Å². The van der Waals surface area contributed by atoms with Gasteiger partial charge in [-0.15, -0.1) is 0 Å². The van der Waals surface area contributed by atoms with Crippen LogP contribution in [0.15, 0.2) is 0 Å². The van der Waals surface area contributed by atoms with E-state index in [1.54, 1.807) is 0 Å². The van der Waals surface area contributed by atoms with Crippen LogP contribution < -0.4 is 5.73 Å². The molecule has 0 aliphatic heterocycles. The number of nitrogens with zero attached hydrogens (tertiary/aromatic N) is 1. The summed E-state index contributed by atoms with van der Waals surface area (Å²) in [5.74, 6) is 2.59. The van der Waals surface area contributed by atoms with Gasteiger partial charge >= 0.3 is 6.09 Å². The SMILES string of the molecule is CC(C)CC1CCCC(N(CC2C[C@H](N)C[C@@H](CC(C)(C)C)C2)C(=O)OC(C)(C)C)C1. The molecule has 3 unspecified atom stereocenters. The lowest BCUT2D eigenvalue weighted by molar-refractivity contribution is 0.000807. The molecule has 1 amide bonds. The number of amides is 1. The van der Waals surface area contributed by atoms with E-state index < -0.39 is 5.60 Å². The molecule has 2 saturated carbocycles. The molecule has 4 heteroatoms. The van der Waals surface area contributed by atoms with Crippen LogP contribution >= 0.6 is 0 Å². The van der Waals surface area contributed by atoms with Gasteiger partial charge in [-0.1, -0.05) is 47.5 Å². The van der Waals surface area contributed by atoms with Gasteiger partial charge < -0.3 is 15.4 Å². The normalized spacial score (nSPS) is 30.3. The largest absolute Gasteiger partial charge is 0.444 e. The number of hydrogen-bond donors (Lipinski definition) is 1. The second-order valence-corrected chi connectivity index (χ2v) is 13.4. The predicted molar refractivity (Wildman–Crippen MR) is 131 cm³/mol. The molecule has 31 heavy (non-hydrogen) atoms. The van der Waals surface area contributed by atoms with Crippen molar-refractivity contribution in [2.75, 3.05) is 6.54 Å². The molecule has 0 bridgehead atoms. The summed E-state index contributed by atoms with van der Waals surface area (Å²) in [6, 6.07) is 0.568. The van der Waals surface area contributed by atoms with Crippen molar-refractivity contribution < 1.29 is 9.53 Å². The topological polar surface area (TPSA) is 55.6 Å². The molecule has 0 aromatic carbocycles. The van der Waals surface area contributed by atoms with Crippen LogP contribution in [0, 0.1) is 29.1 Å². The van der Waals surface area contributed by atoms with Crippen LogP contribution in [0.1, 0.15) is 113 Å². The molecule has 182 valence electrons. The highest BCUT2D eigenvalue weighted by molar-refractivity contribution is 5.68. The first-order valence-corrected chi connectivity index (χ1v) is 13.0. The second kappa shape index (κ2) is 10.9. The number of ether oxygens (including phenoxy) is 1. The summed E-state index contributed by atoms with van der Waals surface area (Å²) >= 11 is 0. The third kappa shape index (κ3) is 9.72. The van der Waals surface area contributed by atoms with E-state index in [0.29, 0.717) is 29.2 Å². The Kier molecular flexibility index (Phi) is 9.31. The maximum absolute atomic E-state index is 13.3. The quantitative estimate of drug-likeness (QED) is 0.487. The van der Waals surface area contributed by atoms with Crippen molar-refractivity contribution in [2.24, 2.45) is 34.8 Å². The van der Waals surface area contributed by atoms with Crippen molar-refractivity contribution in [1.29, 1.82) is 0 Å². The lowest BCUT2D eigenvalue weighted by Gasteiger charge is -2.43. The summed E-state index contributed by atoms with van der Waals surface area (Å²) < 4.78 is 5.90. The van der Waals surface area contributed by atoms with Crippen molar-refractivity contribution in [1.82, 2.24) is 4.90 Å². The Labute approximate surface area is 193 Å². The zero-order valence-electron chi connectivity index (χ0n) is 21.9. The molecule has 2 aliphatic rings. The molecule has 0 spiro atoms. The molecule has 4 nitrogen and oxygen atoms in total. The van der Waals surface area contributed by atoms with Gasteiger partial charge in [-0.25, -0.2) is 4.79 Å². The number of hydrogen-bond acceptors (Lipinski definition) is 3.